The Labute approximate surface area is 198 Å². The van der Waals surface area contributed by atoms with Crippen molar-refractivity contribution in [2.75, 3.05) is 0 Å². The molecule has 158 valence electrons. The van der Waals surface area contributed by atoms with Gasteiger partial charge in [-0.1, -0.05) is 65.1 Å². The number of nitrogens with zero attached hydrogens (tertiary/aromatic N) is 3. The molecule has 0 spiro atoms. The van der Waals surface area contributed by atoms with Gasteiger partial charge in [0.15, 0.2) is 5.76 Å². The van der Waals surface area contributed by atoms with Crippen LogP contribution < -0.4 is 0 Å². The number of aromatic nitrogens is 3. The highest BCUT2D eigenvalue weighted by molar-refractivity contribution is 6.37. The Balaban J connectivity index is 1.58. The minimum absolute atomic E-state index is 0.0833. The number of oxazole rings is 1. The standard InChI is InChI=1S/C24H14Cl3N3O2/c25-15-9-8-14(17(26)11-15)13-30-19-7-2-1-5-16(19)21(23(30)27)22(31)20-12-29-24(32-20)18-6-3-4-10-28-18/h1-12H,13H2. The number of hydrogen-bond donors (Lipinski definition) is 0. The van der Waals surface area contributed by atoms with Gasteiger partial charge in [0, 0.05) is 21.6 Å². The van der Waals surface area contributed by atoms with E-state index in [1.54, 1.807) is 30.5 Å². The Hall–Kier alpha value is -3.12. The fraction of sp³-hybridized carbons (Fsp3) is 0.0417. The van der Waals surface area contributed by atoms with Crippen LogP contribution in [0.4, 0.5) is 0 Å². The molecule has 0 amide bonds. The van der Waals surface area contributed by atoms with Gasteiger partial charge in [-0.05, 0) is 35.9 Å². The Morgan fingerprint density at radius 1 is 0.969 bits per heavy atom. The molecule has 32 heavy (non-hydrogen) atoms. The zero-order valence-electron chi connectivity index (χ0n) is 16.4. The molecule has 2 aromatic carbocycles. The highest BCUT2D eigenvalue weighted by Gasteiger charge is 2.25. The lowest BCUT2D eigenvalue weighted by Gasteiger charge is -2.09. The predicted molar refractivity (Wildman–Crippen MR) is 126 cm³/mol. The van der Waals surface area contributed by atoms with Gasteiger partial charge in [0.1, 0.15) is 10.8 Å². The summed E-state index contributed by atoms with van der Waals surface area (Å²) < 4.78 is 7.57. The summed E-state index contributed by atoms with van der Waals surface area (Å²) in [6.07, 6.45) is 3.03. The lowest BCUT2D eigenvalue weighted by atomic mass is 10.1. The first-order valence-electron chi connectivity index (χ1n) is 9.65. The Morgan fingerprint density at radius 2 is 1.78 bits per heavy atom. The van der Waals surface area contributed by atoms with Crippen LogP contribution in [0.25, 0.3) is 22.5 Å². The quantitative estimate of drug-likeness (QED) is 0.255. The molecule has 5 nitrogen and oxygen atoms in total. The van der Waals surface area contributed by atoms with E-state index in [2.05, 4.69) is 9.97 Å². The van der Waals surface area contributed by atoms with Gasteiger partial charge in [-0.15, -0.1) is 0 Å². The zero-order valence-corrected chi connectivity index (χ0v) is 18.7. The first kappa shape index (κ1) is 20.8. The van der Waals surface area contributed by atoms with E-state index in [1.807, 2.05) is 41.0 Å². The molecule has 8 heteroatoms. The monoisotopic (exact) mass is 481 g/mol. The fourth-order valence-electron chi connectivity index (χ4n) is 3.57. The molecule has 0 saturated carbocycles. The minimum atomic E-state index is -0.359. The molecule has 0 aliphatic carbocycles. The van der Waals surface area contributed by atoms with Crippen molar-refractivity contribution in [3.05, 3.63) is 105 Å². The summed E-state index contributed by atoms with van der Waals surface area (Å²) in [6.45, 7) is 0.373. The summed E-state index contributed by atoms with van der Waals surface area (Å²) in [4.78, 5) is 21.8. The maximum atomic E-state index is 13.4. The minimum Gasteiger partial charge on any atom is -0.431 e. The molecular weight excluding hydrogens is 469 g/mol. The normalized spacial score (nSPS) is 11.2. The number of rotatable bonds is 5. The van der Waals surface area contributed by atoms with Crippen LogP contribution in [0.3, 0.4) is 0 Å². The van der Waals surface area contributed by atoms with Crippen LogP contribution in [0.1, 0.15) is 21.7 Å². The van der Waals surface area contributed by atoms with Crippen LogP contribution in [-0.4, -0.2) is 20.3 Å². The Bertz CT molecular complexity index is 1460. The number of benzene rings is 2. The third-order valence-electron chi connectivity index (χ3n) is 5.09. The van der Waals surface area contributed by atoms with Crippen molar-refractivity contribution in [3.8, 4) is 11.6 Å². The molecular formula is C24H14Cl3N3O2. The van der Waals surface area contributed by atoms with Gasteiger partial charge < -0.3 is 8.98 Å². The molecule has 0 radical (unpaired) electrons. The summed E-state index contributed by atoms with van der Waals surface area (Å²) in [5.41, 5.74) is 2.51. The van der Waals surface area contributed by atoms with E-state index < -0.39 is 0 Å². The number of carbonyl (C=O) groups excluding carboxylic acids is 1. The molecule has 0 aliphatic rings. The second-order valence-electron chi connectivity index (χ2n) is 7.08. The second kappa shape index (κ2) is 8.43. The maximum Gasteiger partial charge on any atom is 0.245 e. The van der Waals surface area contributed by atoms with Crippen molar-refractivity contribution in [1.82, 2.24) is 14.5 Å². The fourth-order valence-corrected chi connectivity index (χ4v) is 4.38. The average Bonchev–Trinajstić information content (AvgIpc) is 3.40. The molecule has 0 saturated heterocycles. The van der Waals surface area contributed by atoms with E-state index in [4.69, 9.17) is 39.2 Å². The van der Waals surface area contributed by atoms with Gasteiger partial charge in [0.05, 0.1) is 23.8 Å². The summed E-state index contributed by atoms with van der Waals surface area (Å²) in [5.74, 6) is -0.0106. The van der Waals surface area contributed by atoms with Gasteiger partial charge >= 0.3 is 0 Å². The van der Waals surface area contributed by atoms with Gasteiger partial charge in [0.2, 0.25) is 11.7 Å². The molecule has 0 unspecified atom stereocenters. The Morgan fingerprint density at radius 3 is 2.56 bits per heavy atom. The largest absolute Gasteiger partial charge is 0.431 e. The van der Waals surface area contributed by atoms with E-state index in [9.17, 15) is 4.79 Å². The van der Waals surface area contributed by atoms with Gasteiger partial charge in [-0.2, -0.15) is 0 Å². The number of carbonyl (C=O) groups is 1. The van der Waals surface area contributed by atoms with Gasteiger partial charge in [-0.25, -0.2) is 4.98 Å². The number of hydrogen-bond acceptors (Lipinski definition) is 4. The van der Waals surface area contributed by atoms with Crippen molar-refractivity contribution < 1.29 is 9.21 Å². The van der Waals surface area contributed by atoms with Crippen molar-refractivity contribution in [1.29, 1.82) is 0 Å². The smallest absolute Gasteiger partial charge is 0.245 e. The van der Waals surface area contributed by atoms with Crippen LogP contribution in [0.5, 0.6) is 0 Å². The third kappa shape index (κ3) is 3.69. The molecule has 0 fully saturated rings. The number of pyridine rings is 1. The summed E-state index contributed by atoms with van der Waals surface area (Å²) >= 11 is 19.1. The molecule has 5 rings (SSSR count). The molecule has 0 aliphatic heterocycles. The zero-order chi connectivity index (χ0) is 22.2. The van der Waals surface area contributed by atoms with Gasteiger partial charge in [-0.3, -0.25) is 9.78 Å². The average molecular weight is 483 g/mol. The second-order valence-corrected chi connectivity index (χ2v) is 8.28. The van der Waals surface area contributed by atoms with Crippen molar-refractivity contribution in [2.45, 2.75) is 6.54 Å². The topological polar surface area (TPSA) is 60.9 Å². The van der Waals surface area contributed by atoms with Crippen molar-refractivity contribution in [2.24, 2.45) is 0 Å². The molecule has 0 atom stereocenters. The van der Waals surface area contributed by atoms with Crippen LogP contribution >= 0.6 is 34.8 Å². The summed E-state index contributed by atoms with van der Waals surface area (Å²) in [6, 6.07) is 18.2. The van der Waals surface area contributed by atoms with Crippen LogP contribution in [-0.2, 0) is 6.54 Å². The van der Waals surface area contributed by atoms with Gasteiger partial charge in [0.25, 0.3) is 0 Å². The predicted octanol–water partition coefficient (Wildman–Crippen LogP) is 6.93. The van der Waals surface area contributed by atoms with E-state index in [0.29, 0.717) is 33.2 Å². The maximum absolute atomic E-state index is 13.4. The summed E-state index contributed by atoms with van der Waals surface area (Å²) in [7, 11) is 0. The number of halogens is 3. The Kier molecular flexibility index (Phi) is 5.47. The number of ketones is 1. The SMILES string of the molecule is O=C(c1cnc(-c2ccccn2)o1)c1c(Cl)n(Cc2ccc(Cl)cc2Cl)c2ccccc12. The van der Waals surface area contributed by atoms with Crippen molar-refractivity contribution >= 4 is 51.5 Å². The van der Waals surface area contributed by atoms with E-state index >= 15 is 0 Å². The molecule has 3 aromatic heterocycles. The van der Waals surface area contributed by atoms with Crippen molar-refractivity contribution in [3.63, 3.8) is 0 Å². The van der Waals surface area contributed by atoms with Crippen LogP contribution in [0, 0.1) is 0 Å². The summed E-state index contributed by atoms with van der Waals surface area (Å²) in [5, 5.41) is 2.07. The third-order valence-corrected chi connectivity index (χ3v) is 6.07. The first-order chi connectivity index (χ1) is 15.5. The lowest BCUT2D eigenvalue weighted by molar-refractivity contribution is 0.101. The first-order valence-corrected chi connectivity index (χ1v) is 10.8. The molecule has 0 N–H and O–H groups in total. The highest BCUT2D eigenvalue weighted by atomic mass is 35.5. The number of fused-ring (bicyclic) bond motifs is 1. The van der Waals surface area contributed by atoms with Crippen LogP contribution in [0.2, 0.25) is 15.2 Å². The highest BCUT2D eigenvalue weighted by Crippen LogP contribution is 2.34. The molecule has 5 aromatic rings. The number of para-hydroxylation sites is 1. The van der Waals surface area contributed by atoms with E-state index in [1.165, 1.54) is 6.20 Å². The van der Waals surface area contributed by atoms with Crippen LogP contribution in [0.15, 0.2) is 77.5 Å². The molecule has 3 heterocycles. The van der Waals surface area contributed by atoms with E-state index in [0.717, 1.165) is 11.1 Å². The lowest BCUT2D eigenvalue weighted by Crippen LogP contribution is -2.03. The van der Waals surface area contributed by atoms with E-state index in [-0.39, 0.29) is 22.6 Å². The molecule has 0 bridgehead atoms.